The number of hydrogen-bond donors (Lipinski definition) is 1. The number of nitrogens with zero attached hydrogens (tertiary/aromatic N) is 3. The lowest BCUT2D eigenvalue weighted by atomic mass is 9.69. The molecule has 1 unspecified atom stereocenters. The van der Waals surface area contributed by atoms with Crippen molar-refractivity contribution in [1.82, 2.24) is 14.5 Å². The number of aromatic carboxylic acids is 1. The number of carboxylic acid groups (broad SMARTS) is 1. The van der Waals surface area contributed by atoms with E-state index in [0.717, 1.165) is 42.0 Å². The second kappa shape index (κ2) is 11.3. The van der Waals surface area contributed by atoms with E-state index < -0.39 is 11.5 Å². The third-order valence-electron chi connectivity index (χ3n) is 10.9. The van der Waals surface area contributed by atoms with Crippen LogP contribution in [-0.4, -0.2) is 43.7 Å². The van der Waals surface area contributed by atoms with Crippen LogP contribution in [0.4, 0.5) is 0 Å². The second-order valence-corrected chi connectivity index (χ2v) is 13.7. The first-order valence-corrected chi connectivity index (χ1v) is 15.9. The van der Waals surface area contributed by atoms with E-state index in [2.05, 4.69) is 23.7 Å². The van der Waals surface area contributed by atoms with Crippen molar-refractivity contribution in [3.63, 3.8) is 0 Å². The summed E-state index contributed by atoms with van der Waals surface area (Å²) in [6.07, 6.45) is 18.1. The largest absolute Gasteiger partial charge is 0.476 e. The van der Waals surface area contributed by atoms with Crippen LogP contribution in [0.15, 0.2) is 29.1 Å². The molecule has 0 spiro atoms. The zero-order valence-electron chi connectivity index (χ0n) is 23.9. The van der Waals surface area contributed by atoms with Gasteiger partial charge in [-0.15, -0.1) is 0 Å². The summed E-state index contributed by atoms with van der Waals surface area (Å²) in [5.41, 5.74) is 0.569. The maximum Gasteiger partial charge on any atom is 0.360 e. The highest BCUT2D eigenvalue weighted by Gasteiger charge is 2.44. The molecule has 2 saturated heterocycles. The Labute approximate surface area is 233 Å². The van der Waals surface area contributed by atoms with E-state index in [0.29, 0.717) is 23.6 Å². The molecule has 2 aliphatic carbocycles. The maximum absolute atomic E-state index is 13.5. The lowest BCUT2D eigenvalue weighted by Crippen LogP contribution is -2.58. The van der Waals surface area contributed by atoms with Crippen molar-refractivity contribution < 1.29 is 9.90 Å². The summed E-state index contributed by atoms with van der Waals surface area (Å²) in [5.74, 6) is 2.16. The lowest BCUT2D eigenvalue weighted by Gasteiger charge is -2.54. The van der Waals surface area contributed by atoms with E-state index >= 15 is 0 Å². The van der Waals surface area contributed by atoms with Crippen molar-refractivity contribution in [2.75, 3.05) is 0 Å². The van der Waals surface area contributed by atoms with Crippen LogP contribution in [0.2, 0.25) is 0 Å². The van der Waals surface area contributed by atoms with Crippen LogP contribution in [0.25, 0.3) is 11.0 Å². The summed E-state index contributed by atoms with van der Waals surface area (Å²) in [5, 5.41) is 9.74. The number of aromatic nitrogens is 2. The predicted molar refractivity (Wildman–Crippen MR) is 155 cm³/mol. The van der Waals surface area contributed by atoms with Gasteiger partial charge in [-0.3, -0.25) is 9.69 Å². The topological polar surface area (TPSA) is 75.4 Å². The summed E-state index contributed by atoms with van der Waals surface area (Å²) < 4.78 is 1.80. The number of carbonyl (C=O) groups is 1. The van der Waals surface area contributed by atoms with Crippen molar-refractivity contribution in [2.45, 2.75) is 128 Å². The first-order chi connectivity index (χ1) is 18.9. The van der Waals surface area contributed by atoms with Crippen molar-refractivity contribution in [3.8, 4) is 0 Å². The van der Waals surface area contributed by atoms with Gasteiger partial charge in [0.1, 0.15) is 0 Å². The minimum atomic E-state index is -1.24. The molecule has 1 aromatic carbocycles. The highest BCUT2D eigenvalue weighted by molar-refractivity contribution is 5.88. The molecule has 6 nitrogen and oxygen atoms in total. The zero-order chi connectivity index (χ0) is 27.1. The Kier molecular flexibility index (Phi) is 7.85. The van der Waals surface area contributed by atoms with E-state index in [1.807, 2.05) is 24.3 Å². The summed E-state index contributed by atoms with van der Waals surface area (Å²) in [6.45, 7) is 5.02. The van der Waals surface area contributed by atoms with Crippen LogP contribution < -0.4 is 5.56 Å². The normalized spacial score (nSPS) is 34.9. The highest BCUT2D eigenvalue weighted by atomic mass is 16.4. The molecular formula is C33H47N3O3. The number of carboxylic acids is 1. The fraction of sp³-hybridized carbons (Fsp3) is 0.727. The Morgan fingerprint density at radius 1 is 0.769 bits per heavy atom. The number of fused-ring (bicyclic) bond motifs is 3. The van der Waals surface area contributed by atoms with Gasteiger partial charge in [0.15, 0.2) is 0 Å². The van der Waals surface area contributed by atoms with Crippen molar-refractivity contribution >= 4 is 17.0 Å². The Hall–Kier alpha value is -2.21. The quantitative estimate of drug-likeness (QED) is 0.455. The summed E-state index contributed by atoms with van der Waals surface area (Å²) in [4.78, 5) is 32.5. The number of benzene rings is 1. The van der Waals surface area contributed by atoms with Gasteiger partial charge in [0.05, 0.1) is 11.0 Å². The molecule has 212 valence electrons. The molecule has 0 radical (unpaired) electrons. The molecule has 2 saturated carbocycles. The smallest absolute Gasteiger partial charge is 0.360 e. The molecule has 6 rings (SSSR count). The summed E-state index contributed by atoms with van der Waals surface area (Å²) >= 11 is 0. The third-order valence-corrected chi connectivity index (χ3v) is 10.9. The van der Waals surface area contributed by atoms with Crippen molar-refractivity contribution in [2.24, 2.45) is 23.7 Å². The van der Waals surface area contributed by atoms with E-state index in [-0.39, 0.29) is 11.7 Å². The van der Waals surface area contributed by atoms with Gasteiger partial charge < -0.3 is 9.67 Å². The zero-order valence-corrected chi connectivity index (χ0v) is 23.9. The molecule has 2 aromatic rings. The van der Waals surface area contributed by atoms with Crippen LogP contribution in [0.1, 0.15) is 120 Å². The molecule has 39 heavy (non-hydrogen) atoms. The minimum absolute atomic E-state index is 0.0223. The summed E-state index contributed by atoms with van der Waals surface area (Å²) in [6, 6.07) is 9.12. The van der Waals surface area contributed by atoms with Crippen molar-refractivity contribution in [3.05, 3.63) is 40.3 Å². The first kappa shape index (κ1) is 27.0. The predicted octanol–water partition coefficient (Wildman–Crippen LogP) is 7.06. The average Bonchev–Trinajstić information content (AvgIpc) is 2.90. The van der Waals surface area contributed by atoms with E-state index in [1.54, 1.807) is 4.57 Å². The Morgan fingerprint density at radius 2 is 1.41 bits per heavy atom. The Morgan fingerprint density at radius 3 is 2.05 bits per heavy atom. The van der Waals surface area contributed by atoms with E-state index in [4.69, 9.17) is 0 Å². The highest BCUT2D eigenvalue weighted by Crippen LogP contribution is 2.46. The number of rotatable bonds is 4. The molecule has 7 atom stereocenters. The maximum atomic E-state index is 13.5. The molecule has 2 bridgehead atoms. The van der Waals surface area contributed by atoms with Gasteiger partial charge in [-0.25, -0.2) is 9.78 Å². The van der Waals surface area contributed by atoms with Crippen molar-refractivity contribution in [1.29, 1.82) is 0 Å². The molecule has 4 aliphatic rings. The number of para-hydroxylation sites is 2. The lowest BCUT2D eigenvalue weighted by molar-refractivity contribution is -0.0369. The molecule has 1 N–H and O–H groups in total. The van der Waals surface area contributed by atoms with Gasteiger partial charge in [0.2, 0.25) is 5.69 Å². The van der Waals surface area contributed by atoms with Crippen LogP contribution in [0.5, 0.6) is 0 Å². The molecule has 1 aromatic heterocycles. The van der Waals surface area contributed by atoms with Gasteiger partial charge in [0.25, 0.3) is 5.56 Å². The van der Waals surface area contributed by atoms with Gasteiger partial charge in [-0.1, -0.05) is 64.5 Å². The van der Waals surface area contributed by atoms with Gasteiger partial charge in [-0.2, -0.15) is 0 Å². The first-order valence-electron chi connectivity index (χ1n) is 15.9. The average molecular weight is 534 g/mol. The standard InChI is InChI=1S/C33H47N3O3/c1-21-15-24(23-9-4-3-5-10-23)16-22(2)18-27(17-21)35-25-11-8-12-26(35)20-28(19-25)36-30-14-7-6-13-29(30)34-31(32(36)37)33(38)39/h6-7,13-14,21-28H,3-5,8-12,15-20H2,1-2H3,(H,38,39)/t21-,22+,24?,25-,26+,27-,28+. The minimum Gasteiger partial charge on any atom is -0.476 e. The second-order valence-electron chi connectivity index (χ2n) is 13.7. The molecule has 0 amide bonds. The van der Waals surface area contributed by atoms with E-state index in [9.17, 15) is 14.7 Å². The SMILES string of the molecule is C[C@@H]1CC(C2CCCCC2)C[C@H](C)C[C@H](N2[C@@H]3CCC[C@H]2C[C@@H](n2c(=O)c(C(=O)O)nc4ccccc42)C3)C1. The van der Waals surface area contributed by atoms with Gasteiger partial charge in [-0.05, 0) is 87.2 Å². The molecule has 4 fully saturated rings. The van der Waals surface area contributed by atoms with Crippen LogP contribution in [0.3, 0.4) is 0 Å². The van der Waals surface area contributed by atoms with Crippen LogP contribution in [0, 0.1) is 23.7 Å². The fourth-order valence-corrected chi connectivity index (χ4v) is 9.43. The van der Waals surface area contributed by atoms with E-state index in [1.165, 1.54) is 77.0 Å². The fourth-order valence-electron chi connectivity index (χ4n) is 9.43. The third kappa shape index (κ3) is 5.42. The molecule has 2 aliphatic heterocycles. The molecule has 6 heteroatoms. The Bertz CT molecular complexity index is 1210. The monoisotopic (exact) mass is 533 g/mol. The van der Waals surface area contributed by atoms with Crippen LogP contribution >= 0.6 is 0 Å². The Balaban J connectivity index is 1.24. The number of hydrogen-bond acceptors (Lipinski definition) is 4. The molecule has 3 heterocycles. The van der Waals surface area contributed by atoms with Gasteiger partial charge >= 0.3 is 5.97 Å². The molecular weight excluding hydrogens is 486 g/mol. The number of piperidine rings is 2. The van der Waals surface area contributed by atoms with Crippen LogP contribution in [-0.2, 0) is 0 Å². The summed E-state index contributed by atoms with van der Waals surface area (Å²) in [7, 11) is 0. The van der Waals surface area contributed by atoms with Gasteiger partial charge in [0, 0.05) is 24.2 Å².